The van der Waals surface area contributed by atoms with Gasteiger partial charge in [-0.3, -0.25) is 4.79 Å². The summed E-state index contributed by atoms with van der Waals surface area (Å²) in [6.45, 7) is 0. The van der Waals surface area contributed by atoms with Gasteiger partial charge in [0, 0.05) is 22.7 Å². The average Bonchev–Trinajstić information content (AvgIpc) is 3.02. The normalized spacial score (nSPS) is 11.3. The molecule has 0 amide bonds. The van der Waals surface area contributed by atoms with Gasteiger partial charge in [-0.1, -0.05) is 12.1 Å². The van der Waals surface area contributed by atoms with Crippen LogP contribution >= 0.6 is 0 Å². The predicted octanol–water partition coefficient (Wildman–Crippen LogP) is 4.11. The van der Waals surface area contributed by atoms with Gasteiger partial charge in [0.05, 0.1) is 7.11 Å². The molecular formula is C19H13FN2O2. The van der Waals surface area contributed by atoms with Crippen molar-refractivity contribution in [1.29, 1.82) is 5.26 Å². The van der Waals surface area contributed by atoms with Crippen molar-refractivity contribution in [2.45, 2.75) is 0 Å². The van der Waals surface area contributed by atoms with Gasteiger partial charge < -0.3 is 9.72 Å². The van der Waals surface area contributed by atoms with Gasteiger partial charge >= 0.3 is 0 Å². The predicted molar refractivity (Wildman–Crippen MR) is 89.2 cm³/mol. The van der Waals surface area contributed by atoms with Crippen LogP contribution in [0.2, 0.25) is 0 Å². The number of nitrogens with zero attached hydrogens (tertiary/aromatic N) is 1. The van der Waals surface area contributed by atoms with Crippen molar-refractivity contribution in [1.82, 2.24) is 4.98 Å². The summed E-state index contributed by atoms with van der Waals surface area (Å²) < 4.78 is 18.3. The molecule has 1 N–H and O–H groups in total. The number of hydrogen-bond acceptors (Lipinski definition) is 3. The molecule has 3 rings (SSSR count). The molecule has 0 aliphatic carbocycles. The number of ketones is 1. The molecule has 0 spiro atoms. The molecule has 1 aromatic heterocycles. The van der Waals surface area contributed by atoms with Gasteiger partial charge in [0.25, 0.3) is 0 Å². The maximum absolute atomic E-state index is 13.2. The fourth-order valence-corrected chi connectivity index (χ4v) is 2.45. The summed E-state index contributed by atoms with van der Waals surface area (Å²) in [5.41, 5.74) is 1.57. The number of halogens is 1. The van der Waals surface area contributed by atoms with Crippen LogP contribution in [-0.2, 0) is 0 Å². The Morgan fingerprint density at radius 1 is 1.25 bits per heavy atom. The topological polar surface area (TPSA) is 65.9 Å². The molecule has 2 aromatic carbocycles. The number of ether oxygens (including phenoxy) is 1. The number of fused-ring (bicyclic) bond motifs is 1. The van der Waals surface area contributed by atoms with E-state index in [0.29, 0.717) is 27.8 Å². The van der Waals surface area contributed by atoms with Crippen LogP contribution in [0.3, 0.4) is 0 Å². The van der Waals surface area contributed by atoms with E-state index in [1.165, 1.54) is 30.5 Å². The summed E-state index contributed by atoms with van der Waals surface area (Å²) in [5.74, 6) is -0.112. The standard InChI is InChI=1S/C19H13FN2O2/c1-24-15-5-2-12(3-6-15)8-13(10-21)19(23)17-11-22-18-9-14(20)4-7-16(17)18/h2-9,11,22H,1H3/b13-8+. The fourth-order valence-electron chi connectivity index (χ4n) is 2.45. The van der Waals surface area contributed by atoms with Crippen LogP contribution in [0.4, 0.5) is 4.39 Å². The molecule has 1 heterocycles. The molecule has 5 heteroatoms. The zero-order chi connectivity index (χ0) is 17.1. The Morgan fingerprint density at radius 2 is 2.00 bits per heavy atom. The molecule has 0 radical (unpaired) electrons. The molecule has 0 aliphatic rings. The van der Waals surface area contributed by atoms with E-state index in [2.05, 4.69) is 4.98 Å². The third-order valence-corrected chi connectivity index (χ3v) is 3.68. The zero-order valence-electron chi connectivity index (χ0n) is 12.8. The maximum atomic E-state index is 13.2. The van der Waals surface area contributed by atoms with Crippen molar-refractivity contribution < 1.29 is 13.9 Å². The highest BCUT2D eigenvalue weighted by molar-refractivity contribution is 6.19. The first-order valence-corrected chi connectivity index (χ1v) is 7.19. The molecule has 0 aliphatic heterocycles. The number of allylic oxidation sites excluding steroid dienone is 1. The number of nitrogens with one attached hydrogen (secondary N) is 1. The van der Waals surface area contributed by atoms with E-state index in [0.717, 1.165) is 0 Å². The van der Waals surface area contributed by atoms with Gasteiger partial charge in [-0.15, -0.1) is 0 Å². The lowest BCUT2D eigenvalue weighted by molar-refractivity contribution is 0.104. The Labute approximate surface area is 137 Å². The molecule has 0 bridgehead atoms. The number of aromatic amines is 1. The van der Waals surface area contributed by atoms with Crippen molar-refractivity contribution in [3.05, 3.63) is 71.2 Å². The summed E-state index contributed by atoms with van der Waals surface area (Å²) >= 11 is 0. The van der Waals surface area contributed by atoms with Gasteiger partial charge in [-0.05, 0) is 42.0 Å². The summed E-state index contributed by atoms with van der Waals surface area (Å²) in [5, 5.41) is 9.92. The highest BCUT2D eigenvalue weighted by Gasteiger charge is 2.17. The van der Waals surface area contributed by atoms with E-state index in [1.807, 2.05) is 6.07 Å². The highest BCUT2D eigenvalue weighted by Crippen LogP contribution is 2.23. The molecular weight excluding hydrogens is 307 g/mol. The van der Waals surface area contributed by atoms with Crippen molar-refractivity contribution in [2.75, 3.05) is 7.11 Å². The first-order chi connectivity index (χ1) is 11.6. The Morgan fingerprint density at radius 3 is 2.67 bits per heavy atom. The number of methoxy groups -OCH3 is 1. The van der Waals surface area contributed by atoms with Crippen molar-refractivity contribution >= 4 is 22.8 Å². The number of carbonyl (C=O) groups is 1. The number of carbonyl (C=O) groups excluding carboxylic acids is 1. The highest BCUT2D eigenvalue weighted by atomic mass is 19.1. The Kier molecular flexibility index (Phi) is 4.13. The second kappa shape index (κ2) is 6.39. The smallest absolute Gasteiger partial charge is 0.205 e. The zero-order valence-corrected chi connectivity index (χ0v) is 12.8. The van der Waals surface area contributed by atoms with E-state index in [9.17, 15) is 14.4 Å². The maximum Gasteiger partial charge on any atom is 0.205 e. The van der Waals surface area contributed by atoms with Gasteiger partial charge in [0.1, 0.15) is 23.2 Å². The lowest BCUT2D eigenvalue weighted by Crippen LogP contribution is -2.01. The lowest BCUT2D eigenvalue weighted by Gasteiger charge is -2.01. The summed E-state index contributed by atoms with van der Waals surface area (Å²) in [6.07, 6.45) is 3.01. The van der Waals surface area contributed by atoms with E-state index in [-0.39, 0.29) is 5.57 Å². The molecule has 0 fully saturated rings. The quantitative estimate of drug-likeness (QED) is 0.447. The van der Waals surface area contributed by atoms with Crippen molar-refractivity contribution in [3.8, 4) is 11.8 Å². The van der Waals surface area contributed by atoms with Crippen LogP contribution in [0, 0.1) is 17.1 Å². The Hall–Kier alpha value is -3.39. The second-order valence-electron chi connectivity index (χ2n) is 5.16. The van der Waals surface area contributed by atoms with Gasteiger partial charge in [-0.2, -0.15) is 5.26 Å². The third kappa shape index (κ3) is 2.90. The SMILES string of the molecule is COc1ccc(/C=C(\C#N)C(=O)c2c[nH]c3cc(F)ccc23)cc1. The van der Waals surface area contributed by atoms with E-state index in [4.69, 9.17) is 4.74 Å². The molecule has 118 valence electrons. The van der Waals surface area contributed by atoms with E-state index >= 15 is 0 Å². The fraction of sp³-hybridized carbons (Fsp3) is 0.0526. The summed E-state index contributed by atoms with van der Waals surface area (Å²) in [4.78, 5) is 15.5. The minimum absolute atomic E-state index is 0.00499. The monoisotopic (exact) mass is 320 g/mol. The second-order valence-corrected chi connectivity index (χ2v) is 5.16. The molecule has 3 aromatic rings. The number of hydrogen-bond donors (Lipinski definition) is 1. The average molecular weight is 320 g/mol. The van der Waals surface area contributed by atoms with Crippen LogP contribution in [0.15, 0.2) is 54.2 Å². The van der Waals surface area contributed by atoms with Gasteiger partial charge in [-0.25, -0.2) is 4.39 Å². The molecule has 0 atom stereocenters. The lowest BCUT2D eigenvalue weighted by atomic mass is 10.0. The summed E-state index contributed by atoms with van der Waals surface area (Å²) in [7, 11) is 1.56. The van der Waals surface area contributed by atoms with Crippen LogP contribution in [-0.4, -0.2) is 17.9 Å². The molecule has 0 unspecified atom stereocenters. The van der Waals surface area contributed by atoms with Crippen LogP contribution < -0.4 is 4.74 Å². The molecule has 4 nitrogen and oxygen atoms in total. The third-order valence-electron chi connectivity index (χ3n) is 3.68. The van der Waals surface area contributed by atoms with Gasteiger partial charge in [0.15, 0.2) is 0 Å². The largest absolute Gasteiger partial charge is 0.497 e. The molecule has 0 saturated carbocycles. The van der Waals surface area contributed by atoms with E-state index < -0.39 is 11.6 Å². The van der Waals surface area contributed by atoms with Crippen LogP contribution in [0.25, 0.3) is 17.0 Å². The van der Waals surface area contributed by atoms with E-state index in [1.54, 1.807) is 31.4 Å². The minimum atomic E-state index is -0.411. The molecule has 0 saturated heterocycles. The first-order valence-electron chi connectivity index (χ1n) is 7.19. The van der Waals surface area contributed by atoms with Crippen molar-refractivity contribution in [2.24, 2.45) is 0 Å². The number of aromatic nitrogens is 1. The number of benzene rings is 2. The van der Waals surface area contributed by atoms with Gasteiger partial charge in [0.2, 0.25) is 5.78 Å². The Balaban J connectivity index is 1.98. The van der Waals surface area contributed by atoms with Crippen LogP contribution in [0.5, 0.6) is 5.75 Å². The first kappa shape index (κ1) is 15.5. The Bertz CT molecular complexity index is 979. The van der Waals surface area contributed by atoms with Crippen LogP contribution in [0.1, 0.15) is 15.9 Å². The van der Waals surface area contributed by atoms with Crippen molar-refractivity contribution in [3.63, 3.8) is 0 Å². The number of H-pyrrole nitrogens is 1. The number of Topliss-reactive ketones (excluding diaryl/α,β-unsaturated/α-hetero) is 1. The molecule has 24 heavy (non-hydrogen) atoms. The number of nitriles is 1. The number of rotatable bonds is 4. The minimum Gasteiger partial charge on any atom is -0.497 e. The summed E-state index contributed by atoms with van der Waals surface area (Å²) in [6, 6.07) is 13.1.